The van der Waals surface area contributed by atoms with E-state index < -0.39 is 10.0 Å². The van der Waals surface area contributed by atoms with E-state index in [2.05, 4.69) is 10.0 Å². The molecule has 1 aromatic rings. The van der Waals surface area contributed by atoms with Crippen molar-refractivity contribution in [1.82, 2.24) is 10.0 Å². The van der Waals surface area contributed by atoms with E-state index in [1.54, 1.807) is 26.4 Å². The maximum absolute atomic E-state index is 12.6. The number of hydrogen-bond donors (Lipinski definition) is 2. The van der Waals surface area contributed by atoms with E-state index in [0.29, 0.717) is 24.7 Å². The molecule has 0 bridgehead atoms. The van der Waals surface area contributed by atoms with E-state index in [9.17, 15) is 8.42 Å². The minimum absolute atomic E-state index is 0. The van der Waals surface area contributed by atoms with E-state index >= 15 is 0 Å². The van der Waals surface area contributed by atoms with Crippen molar-refractivity contribution in [2.75, 3.05) is 47.1 Å². The molecule has 2 rings (SSSR count). The summed E-state index contributed by atoms with van der Waals surface area (Å²) in [6, 6.07) is 6.98. The molecule has 1 saturated heterocycles. The van der Waals surface area contributed by atoms with Gasteiger partial charge in [0.1, 0.15) is 0 Å². The number of hydrogen-bond acceptors (Lipinski definition) is 5. The number of sulfonamides is 1. The highest BCUT2D eigenvalue weighted by molar-refractivity contribution is 7.89. The lowest BCUT2D eigenvalue weighted by atomic mass is 9.80. The van der Waals surface area contributed by atoms with Gasteiger partial charge < -0.3 is 14.8 Å². The Balaban J connectivity index is 0.00000312. The summed E-state index contributed by atoms with van der Waals surface area (Å²) in [7, 11) is -0.195. The summed E-state index contributed by atoms with van der Waals surface area (Å²) in [6.07, 6.45) is 2.58. The summed E-state index contributed by atoms with van der Waals surface area (Å²) in [4.78, 5) is 0.296. The van der Waals surface area contributed by atoms with Gasteiger partial charge in [-0.25, -0.2) is 13.1 Å². The Hall–Kier alpha value is -0.700. The third-order valence-electron chi connectivity index (χ3n) is 4.58. The minimum atomic E-state index is -3.51. The zero-order valence-electron chi connectivity index (χ0n) is 14.9. The molecule has 0 aliphatic carbocycles. The van der Waals surface area contributed by atoms with Gasteiger partial charge in [-0.1, -0.05) is 12.1 Å². The summed E-state index contributed by atoms with van der Waals surface area (Å²) in [5.41, 5.74) is 0.927. The van der Waals surface area contributed by atoms with Gasteiger partial charge >= 0.3 is 0 Å². The van der Waals surface area contributed by atoms with Gasteiger partial charge in [0.25, 0.3) is 0 Å². The van der Waals surface area contributed by atoms with E-state index in [4.69, 9.17) is 9.47 Å². The van der Waals surface area contributed by atoms with Crippen molar-refractivity contribution >= 4 is 22.4 Å². The molecular formula is C17H29ClN2O4S. The third-order valence-corrected chi connectivity index (χ3v) is 6.00. The van der Waals surface area contributed by atoms with Gasteiger partial charge in [-0.3, -0.25) is 0 Å². The molecule has 1 aliphatic rings. The molecule has 0 amide bonds. The van der Waals surface area contributed by atoms with Crippen LogP contribution in [0.4, 0.5) is 0 Å². The van der Waals surface area contributed by atoms with Crippen LogP contribution < -0.4 is 10.0 Å². The largest absolute Gasteiger partial charge is 0.384 e. The highest BCUT2D eigenvalue weighted by atomic mass is 35.5. The second-order valence-electron chi connectivity index (χ2n) is 6.39. The molecule has 0 spiro atoms. The molecule has 1 heterocycles. The first-order valence-corrected chi connectivity index (χ1v) is 9.77. The van der Waals surface area contributed by atoms with Crippen LogP contribution >= 0.6 is 12.4 Å². The monoisotopic (exact) mass is 392 g/mol. The molecule has 8 heteroatoms. The predicted molar refractivity (Wildman–Crippen MR) is 101 cm³/mol. The Morgan fingerprint density at radius 2 is 1.76 bits per heavy atom. The lowest BCUT2D eigenvalue weighted by Crippen LogP contribution is -2.47. The summed E-state index contributed by atoms with van der Waals surface area (Å²) in [5, 5.41) is 3.31. The first kappa shape index (κ1) is 22.3. The van der Waals surface area contributed by atoms with E-state index in [1.165, 1.54) is 0 Å². The predicted octanol–water partition coefficient (Wildman–Crippen LogP) is 1.59. The van der Waals surface area contributed by atoms with Crippen LogP contribution in [0.15, 0.2) is 29.2 Å². The van der Waals surface area contributed by atoms with E-state index in [0.717, 1.165) is 37.9 Å². The van der Waals surface area contributed by atoms with Gasteiger partial charge in [-0.15, -0.1) is 12.4 Å². The molecule has 0 saturated carbocycles. The number of nitrogens with one attached hydrogen (secondary N) is 2. The average Bonchev–Trinajstić information content (AvgIpc) is 2.60. The zero-order chi connectivity index (χ0) is 17.5. The fraction of sp³-hybridized carbons (Fsp3) is 0.647. The van der Waals surface area contributed by atoms with Crippen LogP contribution in [0.1, 0.15) is 18.4 Å². The van der Waals surface area contributed by atoms with Gasteiger partial charge in [-0.2, -0.15) is 0 Å². The van der Waals surface area contributed by atoms with Gasteiger partial charge in [0, 0.05) is 26.2 Å². The Morgan fingerprint density at radius 3 is 2.32 bits per heavy atom. The van der Waals surface area contributed by atoms with Crippen LogP contribution in [0.5, 0.6) is 0 Å². The van der Waals surface area contributed by atoms with Crippen LogP contribution in [-0.2, 0) is 25.9 Å². The fourth-order valence-electron chi connectivity index (χ4n) is 3.02. The molecule has 0 radical (unpaired) electrons. The second-order valence-corrected chi connectivity index (χ2v) is 8.16. The van der Waals surface area contributed by atoms with Crippen molar-refractivity contribution < 1.29 is 17.9 Å². The highest BCUT2D eigenvalue weighted by Gasteiger charge is 2.33. The number of methoxy groups -OCH3 is 2. The van der Waals surface area contributed by atoms with Crippen LogP contribution in [-0.4, -0.2) is 55.5 Å². The van der Waals surface area contributed by atoms with Crippen molar-refractivity contribution in [3.63, 3.8) is 0 Å². The molecule has 6 nitrogen and oxygen atoms in total. The SMILES string of the molecule is COCCc1ccc(S(=O)(=O)NCC2(COC)CCNCC2)cc1.Cl. The molecule has 0 aromatic heterocycles. The Morgan fingerprint density at radius 1 is 1.12 bits per heavy atom. The Kier molecular flexibility index (Phi) is 9.34. The number of piperidine rings is 1. The topological polar surface area (TPSA) is 76.7 Å². The second kappa shape index (κ2) is 10.4. The smallest absolute Gasteiger partial charge is 0.240 e. The van der Waals surface area contributed by atoms with Crippen molar-refractivity contribution in [2.45, 2.75) is 24.2 Å². The Labute approximate surface area is 157 Å². The summed E-state index contributed by atoms with van der Waals surface area (Å²) in [5.74, 6) is 0. The molecule has 0 atom stereocenters. The lowest BCUT2D eigenvalue weighted by Gasteiger charge is -2.37. The quantitative estimate of drug-likeness (QED) is 0.667. The van der Waals surface area contributed by atoms with Crippen molar-refractivity contribution in [3.8, 4) is 0 Å². The Bertz CT molecular complexity index is 596. The van der Waals surface area contributed by atoms with Gasteiger partial charge in [0.2, 0.25) is 10.0 Å². The standard InChI is InChI=1S/C17H28N2O4S.ClH/c1-22-12-7-15-3-5-16(6-4-15)24(20,21)19-13-17(14-23-2)8-10-18-11-9-17;/h3-6,18-19H,7-14H2,1-2H3;1H. The van der Waals surface area contributed by atoms with E-state index in [1.807, 2.05) is 12.1 Å². The maximum atomic E-state index is 12.6. The zero-order valence-corrected chi connectivity index (χ0v) is 16.5. The van der Waals surface area contributed by atoms with E-state index in [-0.39, 0.29) is 17.8 Å². The summed E-state index contributed by atoms with van der Waals surface area (Å²) >= 11 is 0. The molecule has 0 unspecified atom stereocenters. The molecule has 1 aromatic carbocycles. The van der Waals surface area contributed by atoms with Crippen molar-refractivity contribution in [1.29, 1.82) is 0 Å². The summed E-state index contributed by atoms with van der Waals surface area (Å²) < 4.78 is 38.3. The molecule has 25 heavy (non-hydrogen) atoms. The van der Waals surface area contributed by atoms with Gasteiger partial charge in [-0.05, 0) is 50.0 Å². The van der Waals surface area contributed by atoms with Crippen molar-refractivity contribution in [3.05, 3.63) is 29.8 Å². The van der Waals surface area contributed by atoms with Gasteiger partial charge in [0.15, 0.2) is 0 Å². The van der Waals surface area contributed by atoms with Crippen molar-refractivity contribution in [2.24, 2.45) is 5.41 Å². The first-order chi connectivity index (χ1) is 11.5. The highest BCUT2D eigenvalue weighted by Crippen LogP contribution is 2.28. The first-order valence-electron chi connectivity index (χ1n) is 8.29. The summed E-state index contributed by atoms with van der Waals surface area (Å²) in [6.45, 7) is 3.36. The third kappa shape index (κ3) is 6.51. The molecule has 1 fully saturated rings. The number of benzene rings is 1. The molecule has 144 valence electrons. The van der Waals surface area contributed by atoms with Gasteiger partial charge in [0.05, 0.1) is 18.1 Å². The number of rotatable bonds is 9. The minimum Gasteiger partial charge on any atom is -0.384 e. The van der Waals surface area contributed by atoms with Crippen LogP contribution in [0.2, 0.25) is 0 Å². The maximum Gasteiger partial charge on any atom is 0.240 e. The molecule has 2 N–H and O–H groups in total. The average molecular weight is 393 g/mol. The number of ether oxygens (including phenoxy) is 2. The normalized spacial score (nSPS) is 17.0. The van der Waals surface area contributed by atoms with Crippen LogP contribution in [0, 0.1) is 5.41 Å². The molecule has 1 aliphatic heterocycles. The lowest BCUT2D eigenvalue weighted by molar-refractivity contribution is 0.0577. The fourth-order valence-corrected chi connectivity index (χ4v) is 4.18. The molecular weight excluding hydrogens is 364 g/mol. The van der Waals surface area contributed by atoms with Crippen LogP contribution in [0.3, 0.4) is 0 Å². The number of halogens is 1. The van der Waals surface area contributed by atoms with Crippen LogP contribution in [0.25, 0.3) is 0 Å².